The van der Waals surface area contributed by atoms with E-state index < -0.39 is 0 Å². The fourth-order valence-electron chi connectivity index (χ4n) is 5.81. The number of rotatable bonds is 7. The second-order valence-electron chi connectivity index (χ2n) is 14.7. The summed E-state index contributed by atoms with van der Waals surface area (Å²) in [4.78, 5) is 0. The van der Waals surface area contributed by atoms with Gasteiger partial charge in [0.25, 0.3) is 0 Å². The van der Waals surface area contributed by atoms with Gasteiger partial charge in [-0.1, -0.05) is 129 Å². The van der Waals surface area contributed by atoms with Crippen LogP contribution in [0, 0.1) is 16.7 Å². The summed E-state index contributed by atoms with van der Waals surface area (Å²) in [6, 6.07) is 17.8. The average Bonchev–Trinajstić information content (AvgIpc) is 3.37. The molecule has 4 rings (SSSR count). The average molecular weight is 592 g/mol. The molecule has 1 aromatic heterocycles. The Bertz CT molecular complexity index is 1210. The number of aromatic nitrogens is 3. The molecule has 0 amide bonds. The van der Waals surface area contributed by atoms with Gasteiger partial charge in [0, 0.05) is 11.1 Å². The van der Waals surface area contributed by atoms with Crippen LogP contribution < -0.4 is 11.5 Å². The quantitative estimate of drug-likeness (QED) is 0.286. The molecule has 43 heavy (non-hydrogen) atoms. The highest BCUT2D eigenvalue weighted by atomic mass is 15.5. The minimum atomic E-state index is -0.220. The largest absolute Gasteiger partial charge is 0.333 e. The normalized spacial score (nSPS) is 14.3. The number of hydrogen-bond donors (Lipinski definition) is 2. The molecule has 0 radical (unpaired) electrons. The van der Waals surface area contributed by atoms with Crippen LogP contribution in [0.4, 0.5) is 0 Å². The highest BCUT2D eigenvalue weighted by molar-refractivity contribution is 5.83. The molecule has 0 bridgehead atoms. The summed E-state index contributed by atoms with van der Waals surface area (Å²) in [6.45, 7) is 27.5. The van der Waals surface area contributed by atoms with Gasteiger partial charge in [0.2, 0.25) is 0 Å². The molecule has 3 aromatic rings. The standard InChI is InChI=1S/C31H44N4.C4H10.C2H6.CH5N/c1-29(2,3)17-12-18-30(4,5)26-21-22-13-8-9-14-23(22)28-27(25-16-11-10-15-24(25)26)33-34-35(28)31(6,7)19-20-32;1-4(2)3;2*1-2/h8-11,13-16,26H,12,17-21,32H2,1-7H3;4H,1-3H3;1-2H3;2H2,1H3. The van der Waals surface area contributed by atoms with Gasteiger partial charge in [-0.05, 0) is 86.9 Å². The first-order chi connectivity index (χ1) is 20.2. The van der Waals surface area contributed by atoms with Gasteiger partial charge in [-0.25, -0.2) is 4.68 Å². The van der Waals surface area contributed by atoms with E-state index in [2.05, 4.69) is 128 Å². The van der Waals surface area contributed by atoms with Crippen LogP contribution in [0.25, 0.3) is 22.5 Å². The smallest absolute Gasteiger partial charge is 0.121 e. The van der Waals surface area contributed by atoms with E-state index in [-0.39, 0.29) is 11.0 Å². The predicted octanol–water partition coefficient (Wildman–Crippen LogP) is 9.84. The van der Waals surface area contributed by atoms with Crippen molar-refractivity contribution in [2.75, 3.05) is 13.6 Å². The maximum absolute atomic E-state index is 6.00. The number of nitrogens with zero attached hydrogens (tertiary/aromatic N) is 3. The molecule has 2 aromatic carbocycles. The van der Waals surface area contributed by atoms with Gasteiger partial charge in [-0.15, -0.1) is 5.10 Å². The summed E-state index contributed by atoms with van der Waals surface area (Å²) < 4.78 is 2.12. The Kier molecular flexibility index (Phi) is 15.3. The van der Waals surface area contributed by atoms with Gasteiger partial charge in [0.05, 0.1) is 11.2 Å². The van der Waals surface area contributed by atoms with Gasteiger partial charge < -0.3 is 11.5 Å². The van der Waals surface area contributed by atoms with Gasteiger partial charge in [-0.2, -0.15) is 0 Å². The molecule has 5 heteroatoms. The molecule has 1 heterocycles. The first kappa shape index (κ1) is 38.5. The molecule has 1 unspecified atom stereocenters. The molecule has 1 atom stereocenters. The molecule has 1 aliphatic carbocycles. The zero-order valence-corrected chi connectivity index (χ0v) is 30.0. The van der Waals surface area contributed by atoms with E-state index in [1.54, 1.807) is 0 Å². The molecule has 1 aliphatic rings. The summed E-state index contributed by atoms with van der Waals surface area (Å²) in [5, 5.41) is 9.57. The lowest BCUT2D eigenvalue weighted by molar-refractivity contribution is 0.232. The number of nitrogens with two attached hydrogens (primary N) is 2. The van der Waals surface area contributed by atoms with Crippen LogP contribution in [-0.2, 0) is 12.0 Å². The van der Waals surface area contributed by atoms with Crippen LogP contribution in [0.5, 0.6) is 0 Å². The lowest BCUT2D eigenvalue weighted by atomic mass is 9.66. The van der Waals surface area contributed by atoms with Crippen LogP contribution in [0.3, 0.4) is 0 Å². The van der Waals surface area contributed by atoms with E-state index in [1.807, 2.05) is 13.8 Å². The Balaban J connectivity index is 0.00000105. The fraction of sp³-hybridized carbons (Fsp3) is 0.632. The third kappa shape index (κ3) is 10.6. The lowest BCUT2D eigenvalue weighted by Crippen LogP contribution is -2.31. The predicted molar refractivity (Wildman–Crippen MR) is 189 cm³/mol. The van der Waals surface area contributed by atoms with Crippen molar-refractivity contribution in [3.8, 4) is 22.5 Å². The van der Waals surface area contributed by atoms with E-state index in [9.17, 15) is 0 Å². The van der Waals surface area contributed by atoms with Gasteiger partial charge >= 0.3 is 0 Å². The van der Waals surface area contributed by atoms with Crippen LogP contribution in [0.1, 0.15) is 126 Å². The number of hydrogen-bond acceptors (Lipinski definition) is 4. The number of fused-ring (bicyclic) bond motifs is 5. The molecular weight excluding hydrogens is 526 g/mol. The second-order valence-corrected chi connectivity index (χ2v) is 14.7. The van der Waals surface area contributed by atoms with Gasteiger partial charge in [-0.3, -0.25) is 0 Å². The summed E-state index contributed by atoms with van der Waals surface area (Å²) in [5.41, 5.74) is 18.2. The molecule has 242 valence electrons. The first-order valence-corrected chi connectivity index (χ1v) is 16.6. The van der Waals surface area contributed by atoms with Gasteiger partial charge in [0.1, 0.15) is 5.69 Å². The van der Waals surface area contributed by atoms with Crippen LogP contribution in [-0.4, -0.2) is 28.6 Å². The molecule has 0 saturated heterocycles. The topological polar surface area (TPSA) is 82.8 Å². The van der Waals surface area contributed by atoms with Gasteiger partial charge in [0.15, 0.2) is 0 Å². The van der Waals surface area contributed by atoms with Crippen molar-refractivity contribution in [1.82, 2.24) is 15.0 Å². The fourth-order valence-corrected chi connectivity index (χ4v) is 5.81. The Morgan fingerprint density at radius 1 is 0.814 bits per heavy atom. The van der Waals surface area contributed by atoms with Crippen molar-refractivity contribution in [1.29, 1.82) is 0 Å². The maximum atomic E-state index is 6.00. The van der Waals surface area contributed by atoms with Crippen molar-refractivity contribution >= 4 is 0 Å². The third-order valence-electron chi connectivity index (χ3n) is 7.98. The molecule has 0 spiro atoms. The van der Waals surface area contributed by atoms with Crippen LogP contribution >= 0.6 is 0 Å². The summed E-state index contributed by atoms with van der Waals surface area (Å²) >= 11 is 0. The summed E-state index contributed by atoms with van der Waals surface area (Å²) in [7, 11) is 1.50. The van der Waals surface area contributed by atoms with Crippen LogP contribution in [0.15, 0.2) is 48.5 Å². The Hall–Kier alpha value is -2.50. The first-order valence-electron chi connectivity index (χ1n) is 16.6. The summed E-state index contributed by atoms with van der Waals surface area (Å²) in [6.07, 6.45) is 5.55. The lowest BCUT2D eigenvalue weighted by Gasteiger charge is -2.38. The molecule has 4 N–H and O–H groups in total. The molecule has 0 aliphatic heterocycles. The van der Waals surface area contributed by atoms with Crippen molar-refractivity contribution in [2.24, 2.45) is 28.2 Å². The molecule has 0 fully saturated rings. The third-order valence-corrected chi connectivity index (χ3v) is 7.98. The van der Waals surface area contributed by atoms with Crippen molar-refractivity contribution in [3.63, 3.8) is 0 Å². The molecule has 0 saturated carbocycles. The summed E-state index contributed by atoms with van der Waals surface area (Å²) in [5.74, 6) is 1.23. The van der Waals surface area contributed by atoms with Crippen molar-refractivity contribution in [3.05, 3.63) is 59.7 Å². The van der Waals surface area contributed by atoms with E-state index in [0.29, 0.717) is 17.9 Å². The van der Waals surface area contributed by atoms with Crippen molar-refractivity contribution in [2.45, 2.75) is 127 Å². The van der Waals surface area contributed by atoms with Crippen molar-refractivity contribution < 1.29 is 0 Å². The minimum Gasteiger partial charge on any atom is -0.333 e. The minimum absolute atomic E-state index is 0.154. The second kappa shape index (κ2) is 17.1. The Morgan fingerprint density at radius 3 is 1.91 bits per heavy atom. The molecule has 5 nitrogen and oxygen atoms in total. The highest BCUT2D eigenvalue weighted by Gasteiger charge is 2.37. The van der Waals surface area contributed by atoms with E-state index in [4.69, 9.17) is 16.0 Å². The maximum Gasteiger partial charge on any atom is 0.121 e. The Morgan fingerprint density at radius 2 is 1.35 bits per heavy atom. The zero-order valence-electron chi connectivity index (χ0n) is 30.0. The van der Waals surface area contributed by atoms with E-state index >= 15 is 0 Å². The zero-order chi connectivity index (χ0) is 33.0. The highest BCUT2D eigenvalue weighted by Crippen LogP contribution is 2.49. The number of benzene rings is 2. The van der Waals surface area contributed by atoms with E-state index in [0.717, 1.165) is 30.1 Å². The molecular formula is C38H65N5. The van der Waals surface area contributed by atoms with Crippen LogP contribution in [0.2, 0.25) is 0 Å². The SMILES string of the molecule is CC.CC(C)(C)CCCC(C)(C)C1Cc2ccccc2-c2c(nnn2C(C)(C)CCN)-c2ccccc21.CC(C)C.CN. The van der Waals surface area contributed by atoms with E-state index in [1.165, 1.54) is 48.6 Å². The monoisotopic (exact) mass is 592 g/mol. The Labute approximate surface area is 265 Å².